The molecule has 3 N–H and O–H groups in total. The van der Waals surface area contributed by atoms with Gasteiger partial charge in [-0.3, -0.25) is 5.41 Å². The molecule has 3 rings (SSSR count). The largest absolute Gasteiger partial charge is 0.367 e. The van der Waals surface area contributed by atoms with Crippen molar-refractivity contribution in [3.05, 3.63) is 22.3 Å². The molecule has 112 valence electrons. The summed E-state index contributed by atoms with van der Waals surface area (Å²) >= 11 is 3.45. The first kappa shape index (κ1) is 14.5. The Morgan fingerprint density at radius 1 is 1.48 bits per heavy atom. The maximum atomic E-state index is 8.18. The summed E-state index contributed by atoms with van der Waals surface area (Å²) in [5.74, 6) is 1.78. The van der Waals surface area contributed by atoms with Gasteiger partial charge in [0.2, 0.25) is 0 Å². The van der Waals surface area contributed by atoms with Crippen molar-refractivity contribution in [2.45, 2.75) is 18.9 Å². The second-order valence-electron chi connectivity index (χ2n) is 5.79. The van der Waals surface area contributed by atoms with Crippen LogP contribution in [0.4, 0.5) is 5.82 Å². The zero-order chi connectivity index (χ0) is 15.0. The Kier molecular flexibility index (Phi) is 3.71. The first-order valence-corrected chi connectivity index (χ1v) is 7.80. The van der Waals surface area contributed by atoms with Crippen LogP contribution in [-0.4, -0.2) is 53.8 Å². The van der Waals surface area contributed by atoms with E-state index in [1.807, 2.05) is 13.1 Å². The fourth-order valence-corrected chi connectivity index (χ4v) is 3.03. The van der Waals surface area contributed by atoms with Crippen LogP contribution in [0.15, 0.2) is 21.7 Å². The molecule has 7 heteroatoms. The monoisotopic (exact) mass is 350 g/mol. The van der Waals surface area contributed by atoms with Gasteiger partial charge in [0.15, 0.2) is 17.5 Å². The Morgan fingerprint density at radius 2 is 2.24 bits per heavy atom. The van der Waals surface area contributed by atoms with Crippen molar-refractivity contribution in [2.24, 2.45) is 4.99 Å². The summed E-state index contributed by atoms with van der Waals surface area (Å²) < 4.78 is 0.959. The van der Waals surface area contributed by atoms with Gasteiger partial charge in [-0.05, 0) is 48.0 Å². The molecule has 0 saturated carbocycles. The lowest BCUT2D eigenvalue weighted by Crippen LogP contribution is -2.69. The number of nitrogens with zero attached hydrogens (tertiary/aromatic N) is 3. The zero-order valence-electron chi connectivity index (χ0n) is 12.2. The molecule has 0 bridgehead atoms. The van der Waals surface area contributed by atoms with Crippen LogP contribution < -0.4 is 10.6 Å². The van der Waals surface area contributed by atoms with Crippen LogP contribution in [0, 0.1) is 5.41 Å². The summed E-state index contributed by atoms with van der Waals surface area (Å²) in [5, 5.41) is 14.6. The Morgan fingerprint density at radius 3 is 2.95 bits per heavy atom. The topological polar surface area (TPSA) is 76.4 Å². The van der Waals surface area contributed by atoms with Gasteiger partial charge in [-0.2, -0.15) is 0 Å². The van der Waals surface area contributed by atoms with Crippen molar-refractivity contribution in [1.29, 1.82) is 5.41 Å². The van der Waals surface area contributed by atoms with E-state index in [9.17, 15) is 0 Å². The highest BCUT2D eigenvalue weighted by Gasteiger charge is 2.40. The van der Waals surface area contributed by atoms with E-state index in [1.165, 1.54) is 0 Å². The number of amidine groups is 2. The predicted octanol–water partition coefficient (Wildman–Crippen LogP) is 1.29. The van der Waals surface area contributed by atoms with Crippen molar-refractivity contribution >= 4 is 33.4 Å². The van der Waals surface area contributed by atoms with E-state index in [-0.39, 0.29) is 5.54 Å². The van der Waals surface area contributed by atoms with Gasteiger partial charge in [0.25, 0.3) is 0 Å². The Labute approximate surface area is 132 Å². The first-order chi connectivity index (χ1) is 10.0. The fraction of sp³-hybridized carbons (Fsp3) is 0.500. The average Bonchev–Trinajstić information content (AvgIpc) is 2.41. The molecule has 2 aliphatic rings. The minimum atomic E-state index is 0.0984. The van der Waals surface area contributed by atoms with Crippen LogP contribution in [-0.2, 0) is 6.42 Å². The van der Waals surface area contributed by atoms with Crippen molar-refractivity contribution < 1.29 is 0 Å². The number of aliphatic imine (C=N–C) groups is 1. The van der Waals surface area contributed by atoms with Crippen molar-refractivity contribution in [3.63, 3.8) is 0 Å². The summed E-state index contributed by atoms with van der Waals surface area (Å²) in [7, 11) is 1.97. The maximum absolute atomic E-state index is 8.18. The number of rotatable bonds is 1. The van der Waals surface area contributed by atoms with Gasteiger partial charge in [0.05, 0.1) is 5.54 Å². The maximum Gasteiger partial charge on any atom is 0.173 e. The highest BCUT2D eigenvalue weighted by atomic mass is 79.9. The van der Waals surface area contributed by atoms with E-state index in [0.717, 1.165) is 41.9 Å². The van der Waals surface area contributed by atoms with E-state index in [1.54, 1.807) is 6.20 Å². The van der Waals surface area contributed by atoms with Crippen LogP contribution in [0.5, 0.6) is 0 Å². The molecule has 0 aromatic carbocycles. The Hall–Kier alpha value is -1.47. The quantitative estimate of drug-likeness (QED) is 0.713. The third-order valence-corrected chi connectivity index (χ3v) is 4.46. The zero-order valence-corrected chi connectivity index (χ0v) is 13.8. The average molecular weight is 351 g/mol. The summed E-state index contributed by atoms with van der Waals surface area (Å²) in [5.41, 5.74) is 1.19. The molecule has 3 heterocycles. The highest BCUT2D eigenvalue weighted by Crippen LogP contribution is 2.25. The van der Waals surface area contributed by atoms with Crippen molar-refractivity contribution in [1.82, 2.24) is 20.5 Å². The molecule has 6 nitrogen and oxygen atoms in total. The number of hydrogen-bond acceptors (Lipinski definition) is 5. The van der Waals surface area contributed by atoms with E-state index in [2.05, 4.69) is 48.4 Å². The standard InChI is InChI=1S/C14H19BrN6/c1-14(17-2)7-21(8-14)13-11(16)18-4-3-9-5-10(15)6-19-12(9)20-13/h5-6,17H,3-4,7-8H2,1-2H3,(H2,16,18)/b20-13+. The van der Waals surface area contributed by atoms with Crippen LogP contribution in [0.25, 0.3) is 0 Å². The SMILES string of the molecule is CNC1(C)CN(/C2=N/c3ncc(Br)cc3CCNC2=N)C1. The fourth-order valence-electron chi connectivity index (χ4n) is 2.65. The molecular weight excluding hydrogens is 332 g/mol. The Bertz CT molecular complexity index is 605. The molecule has 0 aliphatic carbocycles. The van der Waals surface area contributed by atoms with Gasteiger partial charge in [-0.25, -0.2) is 9.98 Å². The molecule has 0 amide bonds. The summed E-state index contributed by atoms with van der Waals surface area (Å²) in [4.78, 5) is 11.2. The van der Waals surface area contributed by atoms with Crippen LogP contribution in [0.3, 0.4) is 0 Å². The van der Waals surface area contributed by atoms with Gasteiger partial charge < -0.3 is 15.5 Å². The molecule has 1 aromatic rings. The third-order valence-electron chi connectivity index (χ3n) is 4.02. The highest BCUT2D eigenvalue weighted by molar-refractivity contribution is 9.10. The van der Waals surface area contributed by atoms with Gasteiger partial charge in [0, 0.05) is 30.3 Å². The molecule has 0 atom stereocenters. The number of likely N-dealkylation sites (N-methyl/N-ethyl adjacent to an activating group) is 1. The lowest BCUT2D eigenvalue weighted by atomic mass is 9.92. The predicted molar refractivity (Wildman–Crippen MR) is 87.5 cm³/mol. The van der Waals surface area contributed by atoms with Crippen LogP contribution in [0.2, 0.25) is 0 Å². The van der Waals surface area contributed by atoms with Crippen LogP contribution >= 0.6 is 15.9 Å². The van der Waals surface area contributed by atoms with Crippen molar-refractivity contribution in [3.8, 4) is 0 Å². The molecule has 1 fully saturated rings. The summed E-state index contributed by atoms with van der Waals surface area (Å²) in [6, 6.07) is 2.05. The number of likely N-dealkylation sites (tertiary alicyclic amines) is 1. The second kappa shape index (κ2) is 5.38. The summed E-state index contributed by atoms with van der Waals surface area (Å²) in [6.45, 7) is 4.59. The molecule has 1 saturated heterocycles. The normalized spacial score (nSPS) is 23.1. The number of fused-ring (bicyclic) bond motifs is 1. The molecule has 2 aliphatic heterocycles. The second-order valence-corrected chi connectivity index (χ2v) is 6.71. The van der Waals surface area contributed by atoms with E-state index in [0.29, 0.717) is 11.7 Å². The molecular formula is C14H19BrN6. The number of hydrogen-bond donors (Lipinski definition) is 3. The summed E-state index contributed by atoms with van der Waals surface area (Å²) in [6.07, 6.45) is 2.57. The van der Waals surface area contributed by atoms with Crippen LogP contribution in [0.1, 0.15) is 12.5 Å². The number of nitrogens with one attached hydrogen (secondary N) is 3. The molecule has 0 spiro atoms. The van der Waals surface area contributed by atoms with Gasteiger partial charge in [-0.1, -0.05) is 0 Å². The molecule has 0 radical (unpaired) electrons. The number of halogens is 1. The lowest BCUT2D eigenvalue weighted by molar-refractivity contribution is 0.133. The van der Waals surface area contributed by atoms with E-state index < -0.39 is 0 Å². The van der Waals surface area contributed by atoms with E-state index >= 15 is 0 Å². The Balaban J connectivity index is 1.92. The third kappa shape index (κ3) is 2.80. The molecule has 21 heavy (non-hydrogen) atoms. The molecule has 1 aromatic heterocycles. The smallest absolute Gasteiger partial charge is 0.173 e. The number of pyridine rings is 1. The number of aromatic nitrogens is 1. The van der Waals surface area contributed by atoms with Crippen molar-refractivity contribution in [2.75, 3.05) is 26.7 Å². The molecule has 0 unspecified atom stereocenters. The lowest BCUT2D eigenvalue weighted by Gasteiger charge is -2.49. The van der Waals surface area contributed by atoms with Gasteiger partial charge >= 0.3 is 0 Å². The van der Waals surface area contributed by atoms with Gasteiger partial charge in [-0.15, -0.1) is 0 Å². The van der Waals surface area contributed by atoms with Gasteiger partial charge in [0.1, 0.15) is 0 Å². The van der Waals surface area contributed by atoms with E-state index in [4.69, 9.17) is 5.41 Å². The first-order valence-electron chi connectivity index (χ1n) is 7.00. The minimum absolute atomic E-state index is 0.0984. The minimum Gasteiger partial charge on any atom is -0.367 e.